The summed E-state index contributed by atoms with van der Waals surface area (Å²) in [4.78, 5) is 35.4. The molecule has 22 nitrogen and oxygen atoms in total. The highest BCUT2D eigenvalue weighted by Crippen LogP contribution is 2.37. The summed E-state index contributed by atoms with van der Waals surface area (Å²) in [5, 5.41) is 11.9. The number of aromatic nitrogens is 8. The zero-order valence-electron chi connectivity index (χ0n) is 52.0. The lowest BCUT2D eigenvalue weighted by molar-refractivity contribution is 0.171. The molecule has 14 rings (SSSR count). The lowest BCUT2D eigenvalue weighted by atomic mass is 10.3. The van der Waals surface area contributed by atoms with E-state index >= 15 is 0 Å². The number of benzene rings is 8. The second-order valence-electron chi connectivity index (χ2n) is 20.6. The minimum absolute atomic E-state index is 0.317. The van der Waals surface area contributed by atoms with Gasteiger partial charge in [-0.05, 0) is 127 Å². The second-order valence-corrected chi connectivity index (χ2v) is 20.6. The van der Waals surface area contributed by atoms with E-state index in [2.05, 4.69) is 61.1 Å². The molecule has 4 aromatic heterocycles. The number of halogens is 4. The average molecular weight is 1310 g/mol. The minimum atomic E-state index is -0.346. The first kappa shape index (κ1) is 65.5. The molecule has 0 atom stereocenters. The number of fused-ring (bicyclic) bond motifs is 2. The van der Waals surface area contributed by atoms with Crippen LogP contribution in [-0.4, -0.2) is 87.5 Å². The Morgan fingerprint density at radius 2 is 0.629 bits per heavy atom. The zero-order valence-corrected chi connectivity index (χ0v) is 52.0. The van der Waals surface area contributed by atoms with Gasteiger partial charge in [0.2, 0.25) is 23.8 Å². The fourth-order valence-corrected chi connectivity index (χ4v) is 8.70. The van der Waals surface area contributed by atoms with Crippen molar-refractivity contribution < 1.29 is 60.2 Å². The van der Waals surface area contributed by atoms with Crippen LogP contribution in [0.25, 0.3) is 0 Å². The van der Waals surface area contributed by atoms with E-state index in [1.165, 1.54) is 85.5 Å². The van der Waals surface area contributed by atoms with Crippen LogP contribution in [0.15, 0.2) is 232 Å². The molecule has 12 aromatic rings. The lowest BCUT2D eigenvalue weighted by Crippen LogP contribution is -2.15. The summed E-state index contributed by atoms with van der Waals surface area (Å²) in [5.74, 6) is 8.02. The number of ether oxygens (including phenoxy) is 9. The van der Waals surface area contributed by atoms with Gasteiger partial charge in [-0.25, -0.2) is 57.4 Å². The Bertz CT molecular complexity index is 4520. The first-order valence-corrected chi connectivity index (χ1v) is 29.7. The molecule has 0 saturated heterocycles. The Hall–Kier alpha value is -13.0. The summed E-state index contributed by atoms with van der Waals surface area (Å²) in [6, 6.07) is 49.8. The Morgan fingerprint density at radius 1 is 0.309 bits per heavy atom. The van der Waals surface area contributed by atoms with Crippen LogP contribution in [0.1, 0.15) is 0 Å². The number of anilines is 9. The Balaban J connectivity index is 0.000000131. The molecule has 490 valence electrons. The van der Waals surface area contributed by atoms with Gasteiger partial charge in [-0.2, -0.15) is 0 Å². The molecule has 4 N–H and O–H groups in total. The Morgan fingerprint density at radius 3 is 1.00 bits per heavy atom. The van der Waals surface area contributed by atoms with E-state index in [4.69, 9.17) is 42.6 Å². The van der Waals surface area contributed by atoms with Crippen LogP contribution in [0.3, 0.4) is 0 Å². The molecule has 97 heavy (non-hydrogen) atoms. The minimum Gasteiger partial charge on any atom is -0.497 e. The van der Waals surface area contributed by atoms with Crippen LogP contribution in [-0.2, 0) is 0 Å². The van der Waals surface area contributed by atoms with Crippen LogP contribution in [0.4, 0.5) is 69.8 Å². The molecule has 0 fully saturated rings. The SMILES string of the molecule is CN(C)c1cccc(Oc2cnc(Nc3cccc(F)c3)nc2)c1.COc1cccc(Nc2ncc(Oc3ccc4c(c3)OCCO4)cn2)c1.Fc1ccc(Oc2cnc(Nc3cccc(F)c3)nc2)cc1.Fc1cccc(Nc2ncc(Oc3ccc4c(c3)OCCO4)cn2)c1. The number of hydrogen-bond donors (Lipinski definition) is 4. The predicted molar refractivity (Wildman–Crippen MR) is 356 cm³/mol. The van der Waals surface area contributed by atoms with Crippen LogP contribution >= 0.6 is 0 Å². The summed E-state index contributed by atoms with van der Waals surface area (Å²) in [6.07, 6.45) is 12.3. The molecule has 0 aliphatic carbocycles. The van der Waals surface area contributed by atoms with Crippen LogP contribution < -0.4 is 68.8 Å². The van der Waals surface area contributed by atoms with Crippen molar-refractivity contribution in [3.8, 4) is 74.7 Å². The molecule has 0 amide bonds. The highest BCUT2D eigenvalue weighted by molar-refractivity contribution is 5.58. The van der Waals surface area contributed by atoms with E-state index < -0.39 is 0 Å². The van der Waals surface area contributed by atoms with Crippen LogP contribution in [0, 0.1) is 23.3 Å². The normalized spacial score (nSPS) is 11.4. The number of rotatable bonds is 18. The molecule has 0 unspecified atom stereocenters. The van der Waals surface area contributed by atoms with Gasteiger partial charge in [0.25, 0.3) is 0 Å². The van der Waals surface area contributed by atoms with Gasteiger partial charge in [-0.15, -0.1) is 0 Å². The summed E-state index contributed by atoms with van der Waals surface area (Å²) in [6.45, 7) is 2.15. The number of nitrogens with zero attached hydrogens (tertiary/aromatic N) is 9. The summed E-state index contributed by atoms with van der Waals surface area (Å²) >= 11 is 0. The van der Waals surface area contributed by atoms with Gasteiger partial charge >= 0.3 is 0 Å². The second kappa shape index (κ2) is 32.5. The maximum atomic E-state index is 13.2. The summed E-state index contributed by atoms with van der Waals surface area (Å²) in [7, 11) is 5.56. The molecular formula is C71H59F4N13O9. The summed E-state index contributed by atoms with van der Waals surface area (Å²) in [5.41, 5.74) is 3.58. The quantitative estimate of drug-likeness (QED) is 0.0584. The standard InChI is InChI=1S/C19H17N3O4.C18H17FN4O.C18H14FN3O3.C16H11F2N3O/c1-23-14-4-2-3-13(9-14)22-19-20-11-16(12-21-19)26-15-5-6-17-18(10-15)25-8-7-24-17;1-23(2)15-7-4-8-16(10-15)24-17-11-20-18(21-12-17)22-14-6-3-5-13(19)9-14;19-12-2-1-3-13(8-12)22-18-20-10-15(11-21-18)25-14-4-5-16-17(9-14)24-7-6-23-16;17-11-4-6-14(7-5-11)22-15-9-19-16(20-10-15)21-13-3-1-2-12(18)8-13/h2-6,9-12H,7-8H2,1H3,(H,20,21,22);3-12H,1-2H3,(H,20,21,22);1-5,8-11H,6-7H2,(H,20,21,22);1-10H,(H,19,20,21). The van der Waals surface area contributed by atoms with Crippen LogP contribution in [0.2, 0.25) is 0 Å². The van der Waals surface area contributed by atoms with Crippen molar-refractivity contribution >= 4 is 52.2 Å². The van der Waals surface area contributed by atoms with E-state index in [1.807, 2.05) is 79.7 Å². The smallest absolute Gasteiger partial charge is 0.227 e. The molecule has 26 heteroatoms. The van der Waals surface area contributed by atoms with E-state index in [1.54, 1.807) is 92.6 Å². The largest absolute Gasteiger partial charge is 0.497 e. The average Bonchev–Trinajstić information content (AvgIpc) is 0.967. The van der Waals surface area contributed by atoms with Gasteiger partial charge in [0.1, 0.15) is 78.4 Å². The third-order valence-corrected chi connectivity index (χ3v) is 13.2. The van der Waals surface area contributed by atoms with Crippen molar-refractivity contribution in [2.75, 3.05) is 73.8 Å². The van der Waals surface area contributed by atoms with E-state index in [9.17, 15) is 17.6 Å². The van der Waals surface area contributed by atoms with E-state index in [-0.39, 0.29) is 23.3 Å². The van der Waals surface area contributed by atoms with Gasteiger partial charge in [-0.3, -0.25) is 0 Å². The molecule has 2 aliphatic rings. The van der Waals surface area contributed by atoms with Gasteiger partial charge in [0, 0.05) is 66.8 Å². The zero-order chi connectivity index (χ0) is 67.1. The fraction of sp³-hybridized carbons (Fsp3) is 0.0986. The molecular weight excluding hydrogens is 1250 g/mol. The van der Waals surface area contributed by atoms with Gasteiger partial charge in [0.15, 0.2) is 46.0 Å². The first-order valence-electron chi connectivity index (χ1n) is 29.7. The van der Waals surface area contributed by atoms with Crippen molar-refractivity contribution in [3.05, 3.63) is 255 Å². The van der Waals surface area contributed by atoms with Gasteiger partial charge in [0.05, 0.1) is 56.7 Å². The number of methoxy groups -OCH3 is 1. The molecule has 0 spiro atoms. The molecule has 8 aromatic carbocycles. The fourth-order valence-electron chi connectivity index (χ4n) is 8.70. The third kappa shape index (κ3) is 20.0. The Kier molecular flexibility index (Phi) is 22.0. The van der Waals surface area contributed by atoms with Crippen molar-refractivity contribution in [2.24, 2.45) is 0 Å². The van der Waals surface area contributed by atoms with Gasteiger partial charge in [-0.1, -0.05) is 30.3 Å². The van der Waals surface area contributed by atoms with Crippen molar-refractivity contribution in [1.29, 1.82) is 0 Å². The maximum absolute atomic E-state index is 13.2. The van der Waals surface area contributed by atoms with Crippen LogP contribution in [0.5, 0.6) is 74.7 Å². The maximum Gasteiger partial charge on any atom is 0.227 e. The van der Waals surface area contributed by atoms with E-state index in [0.717, 1.165) is 22.9 Å². The topological polar surface area (TPSA) is 238 Å². The summed E-state index contributed by atoms with van der Waals surface area (Å²) < 4.78 is 102. The molecule has 0 saturated carbocycles. The number of nitrogens with one attached hydrogen (secondary N) is 4. The third-order valence-electron chi connectivity index (χ3n) is 13.2. The monoisotopic (exact) mass is 1310 g/mol. The first-order chi connectivity index (χ1) is 47.3. The predicted octanol–water partition coefficient (Wildman–Crippen LogP) is 16.2. The molecule has 2 aliphatic heterocycles. The molecule has 0 radical (unpaired) electrons. The highest BCUT2D eigenvalue weighted by Gasteiger charge is 2.15. The Labute approximate surface area is 553 Å². The highest BCUT2D eigenvalue weighted by atomic mass is 19.1. The van der Waals surface area contributed by atoms with Crippen molar-refractivity contribution in [3.63, 3.8) is 0 Å². The molecule has 6 heterocycles. The van der Waals surface area contributed by atoms with Crippen molar-refractivity contribution in [1.82, 2.24) is 39.9 Å². The van der Waals surface area contributed by atoms with Crippen molar-refractivity contribution in [2.45, 2.75) is 0 Å². The van der Waals surface area contributed by atoms with E-state index in [0.29, 0.717) is 131 Å². The molecule has 0 bridgehead atoms. The number of hydrogen-bond acceptors (Lipinski definition) is 22. The van der Waals surface area contributed by atoms with Gasteiger partial charge < -0.3 is 68.8 Å². The lowest BCUT2D eigenvalue weighted by Gasteiger charge is -2.18.